The van der Waals surface area contributed by atoms with Crippen LogP contribution < -0.4 is 15.8 Å². The summed E-state index contributed by atoms with van der Waals surface area (Å²) in [5.41, 5.74) is 0.520. The highest BCUT2D eigenvalue weighted by Gasteiger charge is 2.34. The summed E-state index contributed by atoms with van der Waals surface area (Å²) in [6.45, 7) is 4.79. The van der Waals surface area contributed by atoms with Crippen LogP contribution in [0, 0.1) is 5.41 Å². The Morgan fingerprint density at radius 1 is 1.38 bits per heavy atom. The lowest BCUT2D eigenvalue weighted by Crippen LogP contribution is -2.45. The molecule has 1 saturated heterocycles. The molecule has 144 valence electrons. The molecule has 0 bridgehead atoms. The Balaban J connectivity index is 1.48. The van der Waals surface area contributed by atoms with E-state index in [9.17, 15) is 9.59 Å². The maximum atomic E-state index is 12.5. The molecule has 0 spiro atoms. The number of rotatable bonds is 5. The minimum absolute atomic E-state index is 0.0484. The number of hydrogen-bond donors (Lipinski definition) is 1. The van der Waals surface area contributed by atoms with E-state index in [2.05, 4.69) is 22.2 Å². The van der Waals surface area contributed by atoms with E-state index in [0.29, 0.717) is 19.7 Å². The lowest BCUT2D eigenvalue weighted by molar-refractivity contribution is -0.132. The smallest absolute Gasteiger partial charge is 0.268 e. The first kappa shape index (κ1) is 18.9. The van der Waals surface area contributed by atoms with Crippen molar-refractivity contribution in [1.82, 2.24) is 15.1 Å². The Morgan fingerprint density at radius 3 is 2.88 bits per heavy atom. The molecule has 2 heterocycles. The first-order chi connectivity index (χ1) is 12.5. The molecule has 7 nitrogen and oxygen atoms in total. The fraction of sp³-hybridized carbons (Fsp3) is 0.737. The van der Waals surface area contributed by atoms with Crippen molar-refractivity contribution in [2.24, 2.45) is 12.5 Å². The fourth-order valence-electron chi connectivity index (χ4n) is 3.88. The number of carbonyl (C=O) groups is 1. The van der Waals surface area contributed by atoms with Crippen LogP contribution in [0.1, 0.15) is 45.4 Å². The number of morpholine rings is 1. The molecule has 1 amide bonds. The molecule has 3 rings (SSSR count). The summed E-state index contributed by atoms with van der Waals surface area (Å²) in [4.78, 5) is 26.4. The third-order valence-corrected chi connectivity index (χ3v) is 5.71. The van der Waals surface area contributed by atoms with Gasteiger partial charge in [-0.25, -0.2) is 4.68 Å². The number of carbonyl (C=O) groups excluding carboxylic acids is 1. The second-order valence-corrected chi connectivity index (χ2v) is 7.78. The van der Waals surface area contributed by atoms with Crippen LogP contribution in [0.25, 0.3) is 0 Å². The van der Waals surface area contributed by atoms with E-state index in [1.807, 2.05) is 0 Å². The van der Waals surface area contributed by atoms with Gasteiger partial charge in [0.1, 0.15) is 0 Å². The highest BCUT2D eigenvalue weighted by atomic mass is 16.5. The monoisotopic (exact) mass is 362 g/mol. The molecule has 0 radical (unpaired) electrons. The molecule has 1 aromatic heterocycles. The van der Waals surface area contributed by atoms with Gasteiger partial charge in [0.15, 0.2) is 0 Å². The van der Waals surface area contributed by atoms with Gasteiger partial charge >= 0.3 is 0 Å². The Morgan fingerprint density at radius 2 is 2.15 bits per heavy atom. The highest BCUT2D eigenvalue weighted by molar-refractivity contribution is 5.82. The molecule has 1 aliphatic carbocycles. The van der Waals surface area contributed by atoms with Crippen LogP contribution in [0.5, 0.6) is 0 Å². The summed E-state index contributed by atoms with van der Waals surface area (Å²) >= 11 is 0. The summed E-state index contributed by atoms with van der Waals surface area (Å²) in [7, 11) is 1.64. The first-order valence-corrected chi connectivity index (χ1v) is 9.66. The van der Waals surface area contributed by atoms with Gasteiger partial charge in [0.2, 0.25) is 5.91 Å². The molecule has 1 atom stereocenters. The molecule has 2 fully saturated rings. The zero-order valence-electron chi connectivity index (χ0n) is 15.9. The number of aromatic nitrogens is 2. The fourth-order valence-corrected chi connectivity index (χ4v) is 3.88. The second kappa shape index (κ2) is 8.20. The number of amides is 1. The van der Waals surface area contributed by atoms with Gasteiger partial charge in [-0.05, 0) is 19.3 Å². The van der Waals surface area contributed by atoms with Crippen molar-refractivity contribution >= 4 is 11.6 Å². The predicted molar refractivity (Wildman–Crippen MR) is 100 cm³/mol. The van der Waals surface area contributed by atoms with Gasteiger partial charge in [-0.1, -0.05) is 26.2 Å². The largest absolute Gasteiger partial charge is 0.374 e. The number of ether oxygens (including phenoxy) is 1. The molecule has 1 N–H and O–H groups in total. The Hall–Kier alpha value is -1.89. The molecular formula is C19H30N4O3. The average molecular weight is 362 g/mol. The third-order valence-electron chi connectivity index (χ3n) is 5.71. The minimum Gasteiger partial charge on any atom is -0.374 e. The van der Waals surface area contributed by atoms with Crippen molar-refractivity contribution in [3.05, 3.63) is 22.6 Å². The molecule has 1 aromatic rings. The van der Waals surface area contributed by atoms with Gasteiger partial charge in [-0.15, -0.1) is 0 Å². The molecular weight excluding hydrogens is 332 g/mol. The van der Waals surface area contributed by atoms with Crippen LogP contribution in [0.4, 0.5) is 5.69 Å². The highest BCUT2D eigenvalue weighted by Crippen LogP contribution is 2.35. The van der Waals surface area contributed by atoms with Crippen LogP contribution in [0.3, 0.4) is 0 Å². The summed E-state index contributed by atoms with van der Waals surface area (Å²) in [6, 6.07) is 1.61. The topological polar surface area (TPSA) is 76.5 Å². The van der Waals surface area contributed by atoms with Gasteiger partial charge < -0.3 is 15.0 Å². The van der Waals surface area contributed by atoms with Crippen LogP contribution in [-0.4, -0.2) is 48.0 Å². The van der Waals surface area contributed by atoms with Crippen LogP contribution in [0.15, 0.2) is 17.1 Å². The lowest BCUT2D eigenvalue weighted by Gasteiger charge is -2.35. The number of nitrogens with zero attached hydrogens (tertiary/aromatic N) is 3. The Labute approximate surface area is 154 Å². The molecule has 1 saturated carbocycles. The quantitative estimate of drug-likeness (QED) is 0.858. The number of aryl methyl sites for hydroxylation is 1. The Kier molecular flexibility index (Phi) is 5.96. The van der Waals surface area contributed by atoms with Gasteiger partial charge in [0, 0.05) is 38.2 Å². The lowest BCUT2D eigenvalue weighted by atomic mass is 9.75. The maximum Gasteiger partial charge on any atom is 0.268 e. The van der Waals surface area contributed by atoms with Crippen LogP contribution >= 0.6 is 0 Å². The third kappa shape index (κ3) is 4.44. The summed E-state index contributed by atoms with van der Waals surface area (Å²) in [5.74, 6) is 0.181. The van der Waals surface area contributed by atoms with Crippen molar-refractivity contribution in [2.75, 3.05) is 31.1 Å². The predicted octanol–water partition coefficient (Wildman–Crippen LogP) is 1.46. The van der Waals surface area contributed by atoms with Gasteiger partial charge in [0.05, 0.1) is 24.6 Å². The van der Waals surface area contributed by atoms with Crippen LogP contribution in [0.2, 0.25) is 0 Å². The van der Waals surface area contributed by atoms with E-state index >= 15 is 0 Å². The molecule has 1 unspecified atom stereocenters. The molecule has 2 aliphatic rings. The zero-order valence-corrected chi connectivity index (χ0v) is 15.9. The van der Waals surface area contributed by atoms with Crippen molar-refractivity contribution in [3.8, 4) is 0 Å². The van der Waals surface area contributed by atoms with E-state index in [0.717, 1.165) is 44.3 Å². The van der Waals surface area contributed by atoms with E-state index in [1.165, 1.54) is 11.1 Å². The minimum atomic E-state index is -0.201. The van der Waals surface area contributed by atoms with Gasteiger partial charge in [-0.2, -0.15) is 5.10 Å². The molecule has 0 aromatic carbocycles. The Bertz CT molecular complexity index is 682. The van der Waals surface area contributed by atoms with E-state index in [-0.39, 0.29) is 23.0 Å². The van der Waals surface area contributed by atoms with Crippen molar-refractivity contribution in [3.63, 3.8) is 0 Å². The van der Waals surface area contributed by atoms with Gasteiger partial charge in [0.25, 0.3) is 5.56 Å². The SMILES string of the molecule is Cn1ncc(N2CCOC(CCNC(=O)C3(C)CCCCC3)C2)cc1=O. The number of nitrogens with one attached hydrogen (secondary N) is 1. The first-order valence-electron chi connectivity index (χ1n) is 9.66. The summed E-state index contributed by atoms with van der Waals surface area (Å²) < 4.78 is 7.16. The zero-order chi connectivity index (χ0) is 18.6. The standard InChI is InChI=1S/C19H30N4O3/c1-19(7-4-3-5-8-19)18(25)20-9-6-16-14-23(10-11-26-16)15-12-17(24)22(2)21-13-15/h12-13,16H,3-11,14H2,1-2H3,(H,20,25). The van der Waals surface area contributed by atoms with Gasteiger partial charge in [-0.3, -0.25) is 9.59 Å². The number of hydrogen-bond acceptors (Lipinski definition) is 5. The normalized spacial score (nSPS) is 22.8. The number of anilines is 1. The maximum absolute atomic E-state index is 12.5. The van der Waals surface area contributed by atoms with E-state index in [1.54, 1.807) is 19.3 Å². The second-order valence-electron chi connectivity index (χ2n) is 7.78. The van der Waals surface area contributed by atoms with Crippen molar-refractivity contribution in [1.29, 1.82) is 0 Å². The summed E-state index contributed by atoms with van der Waals surface area (Å²) in [6.07, 6.45) is 8.06. The van der Waals surface area contributed by atoms with E-state index in [4.69, 9.17) is 4.74 Å². The molecule has 1 aliphatic heterocycles. The van der Waals surface area contributed by atoms with Crippen molar-refractivity contribution < 1.29 is 9.53 Å². The van der Waals surface area contributed by atoms with Crippen LogP contribution in [-0.2, 0) is 16.6 Å². The average Bonchev–Trinajstić information content (AvgIpc) is 2.65. The molecule has 26 heavy (non-hydrogen) atoms. The van der Waals surface area contributed by atoms with E-state index < -0.39 is 0 Å². The van der Waals surface area contributed by atoms with Crippen molar-refractivity contribution in [2.45, 2.75) is 51.6 Å². The summed E-state index contributed by atoms with van der Waals surface area (Å²) in [5, 5.41) is 7.20. The molecule has 7 heteroatoms.